The number of guanidine groups is 1. The minimum absolute atomic E-state index is 0.373. The first-order valence-corrected chi connectivity index (χ1v) is 7.97. The number of fused-ring (bicyclic) bond motifs is 1. The summed E-state index contributed by atoms with van der Waals surface area (Å²) in [4.78, 5) is 17.9. The van der Waals surface area contributed by atoms with Crippen molar-refractivity contribution in [3.05, 3.63) is 30.4 Å². The van der Waals surface area contributed by atoms with Crippen LogP contribution in [0.5, 0.6) is 0 Å². The van der Waals surface area contributed by atoms with Gasteiger partial charge in [0.2, 0.25) is 5.96 Å². The van der Waals surface area contributed by atoms with Gasteiger partial charge in [0.1, 0.15) is 6.33 Å². The van der Waals surface area contributed by atoms with Gasteiger partial charge in [-0.15, -0.1) is 0 Å². The summed E-state index contributed by atoms with van der Waals surface area (Å²) in [6.07, 6.45) is 9.45. The summed E-state index contributed by atoms with van der Waals surface area (Å²) in [5, 5.41) is 0. The number of aromatic nitrogens is 2. The molecule has 0 radical (unpaired) electrons. The summed E-state index contributed by atoms with van der Waals surface area (Å²) >= 11 is 0. The third-order valence-corrected chi connectivity index (χ3v) is 4.70. The molecule has 1 aliphatic carbocycles. The van der Waals surface area contributed by atoms with E-state index in [2.05, 4.69) is 32.9 Å². The van der Waals surface area contributed by atoms with Gasteiger partial charge in [-0.3, -0.25) is 0 Å². The first-order valence-electron chi connectivity index (χ1n) is 7.97. The van der Waals surface area contributed by atoms with Crippen LogP contribution in [0.25, 0.3) is 5.70 Å². The number of morpholine rings is 1. The van der Waals surface area contributed by atoms with Crippen molar-refractivity contribution in [1.82, 2.24) is 19.8 Å². The summed E-state index contributed by atoms with van der Waals surface area (Å²) < 4.78 is 5.92. The maximum Gasteiger partial charge on any atom is 0.202 e. The first-order chi connectivity index (χ1) is 10.8. The molecular weight excluding hydrogens is 278 g/mol. The molecule has 1 aromatic heterocycles. The smallest absolute Gasteiger partial charge is 0.202 e. The molecule has 0 unspecified atom stereocenters. The molecule has 1 saturated heterocycles. The second kappa shape index (κ2) is 5.68. The zero-order valence-corrected chi connectivity index (χ0v) is 12.9. The molecule has 0 spiro atoms. The Morgan fingerprint density at radius 1 is 1.32 bits per heavy atom. The average molecular weight is 299 g/mol. The van der Waals surface area contributed by atoms with Crippen LogP contribution >= 0.6 is 0 Å². The molecule has 0 bridgehead atoms. The fourth-order valence-corrected chi connectivity index (χ4v) is 3.61. The van der Waals surface area contributed by atoms with E-state index in [4.69, 9.17) is 9.73 Å². The van der Waals surface area contributed by atoms with Crippen molar-refractivity contribution in [2.75, 3.05) is 26.7 Å². The van der Waals surface area contributed by atoms with Crippen molar-refractivity contribution in [2.45, 2.75) is 31.4 Å². The number of ether oxygens (including phenoxy) is 1. The van der Waals surface area contributed by atoms with Gasteiger partial charge in [0.25, 0.3) is 0 Å². The molecule has 3 heterocycles. The third-order valence-electron chi connectivity index (χ3n) is 4.70. The monoisotopic (exact) mass is 299 g/mol. The molecule has 2 fully saturated rings. The average Bonchev–Trinajstić information content (AvgIpc) is 3.05. The molecule has 2 atom stereocenters. The molecule has 0 amide bonds. The summed E-state index contributed by atoms with van der Waals surface area (Å²) in [5.74, 6) is 1.05. The maximum absolute atomic E-state index is 5.92. The highest BCUT2D eigenvalue weighted by Crippen LogP contribution is 2.31. The van der Waals surface area contributed by atoms with Gasteiger partial charge in [-0.25, -0.2) is 15.0 Å². The Bertz CT molecular complexity index is 600. The van der Waals surface area contributed by atoms with E-state index in [0.717, 1.165) is 37.0 Å². The predicted octanol–water partition coefficient (Wildman–Crippen LogP) is 1.37. The summed E-state index contributed by atoms with van der Waals surface area (Å²) in [6, 6.07) is 2.38. The number of hydrogen-bond donors (Lipinski definition) is 0. The highest BCUT2D eigenvalue weighted by atomic mass is 16.5. The number of hydrogen-bond acceptors (Lipinski definition) is 6. The molecule has 6 nitrogen and oxygen atoms in total. The zero-order chi connectivity index (χ0) is 14.9. The Morgan fingerprint density at radius 2 is 2.27 bits per heavy atom. The van der Waals surface area contributed by atoms with Crippen LogP contribution in [0.3, 0.4) is 0 Å². The van der Waals surface area contributed by atoms with Crippen molar-refractivity contribution in [3.8, 4) is 0 Å². The van der Waals surface area contributed by atoms with Gasteiger partial charge >= 0.3 is 0 Å². The van der Waals surface area contributed by atoms with Gasteiger partial charge in [-0.1, -0.05) is 0 Å². The summed E-state index contributed by atoms with van der Waals surface area (Å²) in [5.41, 5.74) is 1.83. The maximum atomic E-state index is 5.92. The second-order valence-electron chi connectivity index (χ2n) is 6.08. The standard InChI is InChI=1S/C16H21N5O/c1-20-8-6-13(12-5-7-17-11-18-12)19-16(20)21-9-10-22-15-4-2-3-14(15)21/h5-7,11,14-15H,2-4,8-10H2,1H3/t14-,15-/m1/s1. The van der Waals surface area contributed by atoms with E-state index in [1.54, 1.807) is 12.5 Å². The van der Waals surface area contributed by atoms with Crippen molar-refractivity contribution in [1.29, 1.82) is 0 Å². The van der Waals surface area contributed by atoms with Crippen LogP contribution in [-0.4, -0.2) is 64.6 Å². The van der Waals surface area contributed by atoms with E-state index in [1.807, 2.05) is 6.07 Å². The van der Waals surface area contributed by atoms with Crippen LogP contribution in [0.4, 0.5) is 0 Å². The molecule has 1 saturated carbocycles. The molecule has 3 aliphatic rings. The van der Waals surface area contributed by atoms with E-state index in [9.17, 15) is 0 Å². The van der Waals surface area contributed by atoms with Crippen molar-refractivity contribution in [3.63, 3.8) is 0 Å². The summed E-state index contributed by atoms with van der Waals surface area (Å²) in [7, 11) is 2.10. The Balaban J connectivity index is 1.64. The van der Waals surface area contributed by atoms with Gasteiger partial charge < -0.3 is 14.5 Å². The number of likely N-dealkylation sites (N-methyl/N-ethyl adjacent to an activating group) is 1. The topological polar surface area (TPSA) is 53.9 Å². The van der Waals surface area contributed by atoms with Crippen LogP contribution in [-0.2, 0) is 4.74 Å². The lowest BCUT2D eigenvalue weighted by Crippen LogP contribution is -2.56. The van der Waals surface area contributed by atoms with Crippen molar-refractivity contribution in [2.24, 2.45) is 4.99 Å². The fourth-order valence-electron chi connectivity index (χ4n) is 3.61. The Labute approximate surface area is 130 Å². The van der Waals surface area contributed by atoms with Gasteiger partial charge in [0.05, 0.1) is 30.1 Å². The number of rotatable bonds is 1. The zero-order valence-electron chi connectivity index (χ0n) is 12.9. The molecule has 116 valence electrons. The highest BCUT2D eigenvalue weighted by molar-refractivity contribution is 5.88. The lowest BCUT2D eigenvalue weighted by Gasteiger charge is -2.42. The molecular formula is C16H21N5O. The molecule has 1 aromatic rings. The second-order valence-corrected chi connectivity index (χ2v) is 6.08. The lowest BCUT2D eigenvalue weighted by molar-refractivity contribution is -0.0327. The largest absolute Gasteiger partial charge is 0.374 e. The quantitative estimate of drug-likeness (QED) is 0.784. The van der Waals surface area contributed by atoms with Crippen molar-refractivity contribution >= 4 is 11.7 Å². The predicted molar refractivity (Wildman–Crippen MR) is 84.2 cm³/mol. The van der Waals surface area contributed by atoms with Crippen LogP contribution in [0, 0.1) is 0 Å². The lowest BCUT2D eigenvalue weighted by atomic mass is 10.1. The molecule has 0 N–H and O–H groups in total. The minimum atomic E-state index is 0.373. The van der Waals surface area contributed by atoms with E-state index < -0.39 is 0 Å². The third kappa shape index (κ3) is 2.37. The van der Waals surface area contributed by atoms with E-state index in [-0.39, 0.29) is 0 Å². The van der Waals surface area contributed by atoms with E-state index in [1.165, 1.54) is 19.3 Å². The van der Waals surface area contributed by atoms with Gasteiger partial charge in [0.15, 0.2) is 0 Å². The number of aliphatic imine (C=N–C) groups is 1. The van der Waals surface area contributed by atoms with E-state index >= 15 is 0 Å². The van der Waals surface area contributed by atoms with E-state index in [0.29, 0.717) is 12.1 Å². The SMILES string of the molecule is CN1CC=C(c2ccncn2)N=C1N1CCO[C@@H]2CCC[C@H]21. The Hall–Kier alpha value is -1.95. The molecule has 6 heteroatoms. The van der Waals surface area contributed by atoms with Crippen LogP contribution < -0.4 is 0 Å². The van der Waals surface area contributed by atoms with Crippen LogP contribution in [0.15, 0.2) is 29.7 Å². The molecule has 4 rings (SSSR count). The number of nitrogens with zero attached hydrogens (tertiary/aromatic N) is 5. The fraction of sp³-hybridized carbons (Fsp3) is 0.562. The Kier molecular flexibility index (Phi) is 3.54. The van der Waals surface area contributed by atoms with Crippen LogP contribution in [0.1, 0.15) is 25.0 Å². The van der Waals surface area contributed by atoms with Crippen molar-refractivity contribution < 1.29 is 4.74 Å². The van der Waals surface area contributed by atoms with Gasteiger partial charge in [-0.2, -0.15) is 0 Å². The first kappa shape index (κ1) is 13.7. The molecule has 2 aliphatic heterocycles. The molecule has 22 heavy (non-hydrogen) atoms. The van der Waals surface area contributed by atoms with Crippen LogP contribution in [0.2, 0.25) is 0 Å². The minimum Gasteiger partial charge on any atom is -0.374 e. The molecule has 0 aromatic carbocycles. The van der Waals surface area contributed by atoms with Gasteiger partial charge in [0, 0.05) is 26.3 Å². The van der Waals surface area contributed by atoms with Gasteiger partial charge in [-0.05, 0) is 31.4 Å². The normalized spacial score (nSPS) is 28.2. The highest BCUT2D eigenvalue weighted by Gasteiger charge is 2.38. The Morgan fingerprint density at radius 3 is 3.14 bits per heavy atom. The summed E-state index contributed by atoms with van der Waals surface area (Å²) in [6.45, 7) is 2.56.